The fourth-order valence-corrected chi connectivity index (χ4v) is 3.52. The first kappa shape index (κ1) is 15.3. The highest BCUT2D eigenvalue weighted by Crippen LogP contribution is 2.13. The summed E-state index contributed by atoms with van der Waals surface area (Å²) in [5.41, 5.74) is -0.696. The van der Waals surface area contributed by atoms with Crippen molar-refractivity contribution in [3.8, 4) is 0 Å². The van der Waals surface area contributed by atoms with E-state index in [0.29, 0.717) is 13.2 Å². The van der Waals surface area contributed by atoms with Crippen LogP contribution in [0.4, 0.5) is 0 Å². The Bertz CT molecular complexity index is 224. The fourth-order valence-electron chi connectivity index (χ4n) is 1.58. The maximum absolute atomic E-state index is 11.0. The van der Waals surface area contributed by atoms with Gasteiger partial charge in [-0.2, -0.15) is 0 Å². The van der Waals surface area contributed by atoms with Gasteiger partial charge >= 0.3 is 5.97 Å². The van der Waals surface area contributed by atoms with E-state index >= 15 is 0 Å². The second kappa shape index (κ2) is 7.59. The van der Waals surface area contributed by atoms with Crippen LogP contribution >= 0.6 is 0 Å². The van der Waals surface area contributed by atoms with Crippen LogP contribution in [0.25, 0.3) is 0 Å². The Labute approximate surface area is 99.8 Å². The van der Waals surface area contributed by atoms with Crippen molar-refractivity contribution in [1.29, 1.82) is 0 Å². The summed E-state index contributed by atoms with van der Waals surface area (Å²) in [5.74, 6) is -0.393. The van der Waals surface area contributed by atoms with Crippen LogP contribution in [0.5, 0.6) is 0 Å². The van der Waals surface area contributed by atoms with Crippen LogP contribution in [0.2, 0.25) is 0 Å². The highest BCUT2D eigenvalue weighted by Gasteiger charge is 2.29. The van der Waals surface area contributed by atoms with E-state index in [1.807, 2.05) is 27.7 Å². The molecule has 0 aromatic rings. The minimum atomic E-state index is -0.856. The predicted molar refractivity (Wildman–Crippen MR) is 66.0 cm³/mol. The van der Waals surface area contributed by atoms with Crippen molar-refractivity contribution in [3.63, 3.8) is 0 Å². The Morgan fingerprint density at radius 1 is 1.44 bits per heavy atom. The van der Waals surface area contributed by atoms with Gasteiger partial charge in [-0.05, 0) is 27.7 Å². The lowest BCUT2D eigenvalue weighted by Crippen LogP contribution is -2.45. The number of carbonyl (C=O) groups is 1. The van der Waals surface area contributed by atoms with Crippen LogP contribution in [0.15, 0.2) is 12.7 Å². The molecule has 0 amide bonds. The molecule has 0 heterocycles. The van der Waals surface area contributed by atoms with E-state index in [2.05, 4.69) is 6.58 Å². The number of ether oxygens (including phenoxy) is 3. The van der Waals surface area contributed by atoms with E-state index < -0.39 is 20.9 Å². The van der Waals surface area contributed by atoms with Gasteiger partial charge in [0.25, 0.3) is 0 Å². The number of rotatable bonds is 8. The van der Waals surface area contributed by atoms with Gasteiger partial charge in [0.1, 0.15) is 14.9 Å². The molecule has 0 fully saturated rings. The van der Waals surface area contributed by atoms with E-state index in [4.69, 9.17) is 14.2 Å². The van der Waals surface area contributed by atoms with Gasteiger partial charge in [-0.1, -0.05) is 6.58 Å². The summed E-state index contributed by atoms with van der Waals surface area (Å²) in [6.45, 7) is 12.2. The fraction of sp³-hybridized carbons (Fsp3) is 0.727. The molecule has 0 radical (unpaired) electrons. The van der Waals surface area contributed by atoms with Crippen molar-refractivity contribution >= 4 is 15.5 Å². The van der Waals surface area contributed by atoms with Crippen molar-refractivity contribution in [2.75, 3.05) is 13.2 Å². The predicted octanol–water partition coefficient (Wildman–Crippen LogP) is 0.977. The molecule has 0 aliphatic carbocycles. The average Bonchev–Trinajstić information content (AvgIpc) is 2.17. The van der Waals surface area contributed by atoms with Gasteiger partial charge < -0.3 is 14.2 Å². The zero-order valence-electron chi connectivity index (χ0n) is 10.6. The molecule has 0 aliphatic heterocycles. The average molecular weight is 246 g/mol. The third kappa shape index (κ3) is 6.04. The molecule has 4 nitrogen and oxygen atoms in total. The standard InChI is InChI=1S/C11H22O4Si/c1-6-10(12)15-9(4)16-11(5,13-7-2)14-8-3/h6,9H,1,7-8,16H2,2-5H3. The van der Waals surface area contributed by atoms with Crippen molar-refractivity contribution in [2.45, 2.75) is 38.8 Å². The van der Waals surface area contributed by atoms with Gasteiger partial charge in [-0.3, -0.25) is 0 Å². The van der Waals surface area contributed by atoms with E-state index in [0.717, 1.165) is 0 Å². The Balaban J connectivity index is 4.26. The molecule has 0 saturated carbocycles. The Morgan fingerprint density at radius 2 is 1.94 bits per heavy atom. The summed E-state index contributed by atoms with van der Waals surface area (Å²) in [7, 11) is -0.856. The quantitative estimate of drug-likeness (QED) is 0.277. The van der Waals surface area contributed by atoms with E-state index in [1.54, 1.807) is 0 Å². The smallest absolute Gasteiger partial charge is 0.330 e. The van der Waals surface area contributed by atoms with Gasteiger partial charge in [0.15, 0.2) is 0 Å². The minimum absolute atomic E-state index is 0.131. The van der Waals surface area contributed by atoms with Gasteiger partial charge in [0, 0.05) is 19.3 Å². The molecule has 0 aromatic heterocycles. The number of carbonyl (C=O) groups excluding carboxylic acids is 1. The molecule has 16 heavy (non-hydrogen) atoms. The van der Waals surface area contributed by atoms with Gasteiger partial charge in [0.05, 0.1) is 5.73 Å². The summed E-state index contributed by atoms with van der Waals surface area (Å²) in [6, 6.07) is 0. The van der Waals surface area contributed by atoms with Crippen molar-refractivity contribution < 1.29 is 19.0 Å². The van der Waals surface area contributed by atoms with Crippen LogP contribution in [0.1, 0.15) is 27.7 Å². The topological polar surface area (TPSA) is 44.8 Å². The lowest BCUT2D eigenvalue weighted by atomic mass is 10.6. The van der Waals surface area contributed by atoms with Crippen LogP contribution in [-0.2, 0) is 19.0 Å². The first-order chi connectivity index (χ1) is 7.47. The zero-order valence-corrected chi connectivity index (χ0v) is 12.0. The summed E-state index contributed by atoms with van der Waals surface area (Å²) in [4.78, 5) is 11.0. The SMILES string of the molecule is C=CC(=O)OC(C)[SiH2]C(C)(OCC)OCC. The van der Waals surface area contributed by atoms with Crippen LogP contribution in [0.3, 0.4) is 0 Å². The number of esters is 1. The van der Waals surface area contributed by atoms with E-state index in [-0.39, 0.29) is 5.73 Å². The van der Waals surface area contributed by atoms with Gasteiger partial charge in [-0.15, -0.1) is 0 Å². The molecule has 0 aromatic carbocycles. The van der Waals surface area contributed by atoms with Crippen molar-refractivity contribution in [1.82, 2.24) is 0 Å². The molecule has 5 heteroatoms. The highest BCUT2D eigenvalue weighted by atomic mass is 28.2. The Kier molecular flexibility index (Phi) is 7.28. The minimum Gasteiger partial charge on any atom is -0.464 e. The largest absolute Gasteiger partial charge is 0.464 e. The summed E-state index contributed by atoms with van der Waals surface area (Å²) in [5, 5.41) is 0. The number of hydrogen-bond donors (Lipinski definition) is 0. The van der Waals surface area contributed by atoms with E-state index in [1.165, 1.54) is 6.08 Å². The maximum Gasteiger partial charge on any atom is 0.330 e. The third-order valence-corrected chi connectivity index (χ3v) is 3.93. The molecule has 0 saturated heterocycles. The molecule has 1 atom stereocenters. The molecule has 0 aliphatic rings. The molecule has 1 unspecified atom stereocenters. The molecule has 0 N–H and O–H groups in total. The molecular weight excluding hydrogens is 224 g/mol. The summed E-state index contributed by atoms with van der Waals surface area (Å²) >= 11 is 0. The zero-order chi connectivity index (χ0) is 12.6. The maximum atomic E-state index is 11.0. The monoisotopic (exact) mass is 246 g/mol. The summed E-state index contributed by atoms with van der Waals surface area (Å²) < 4.78 is 16.3. The van der Waals surface area contributed by atoms with Crippen molar-refractivity contribution in [3.05, 3.63) is 12.7 Å². The highest BCUT2D eigenvalue weighted by molar-refractivity contribution is 6.40. The number of hydrogen-bond acceptors (Lipinski definition) is 4. The molecule has 0 bridgehead atoms. The van der Waals surface area contributed by atoms with Gasteiger partial charge in [0.2, 0.25) is 0 Å². The lowest BCUT2D eigenvalue weighted by Gasteiger charge is -2.31. The first-order valence-electron chi connectivity index (χ1n) is 5.58. The van der Waals surface area contributed by atoms with Gasteiger partial charge in [-0.25, -0.2) is 4.79 Å². The normalized spacial score (nSPS) is 14.0. The molecule has 0 rings (SSSR count). The van der Waals surface area contributed by atoms with Crippen LogP contribution in [-0.4, -0.2) is 39.8 Å². The molecule has 0 spiro atoms. The Hall–Kier alpha value is -0.653. The van der Waals surface area contributed by atoms with Crippen LogP contribution in [0, 0.1) is 0 Å². The van der Waals surface area contributed by atoms with E-state index in [9.17, 15) is 4.79 Å². The van der Waals surface area contributed by atoms with Crippen molar-refractivity contribution in [2.24, 2.45) is 0 Å². The van der Waals surface area contributed by atoms with Crippen LogP contribution < -0.4 is 0 Å². The molecular formula is C11H22O4Si. The lowest BCUT2D eigenvalue weighted by molar-refractivity contribution is -0.166. The molecule has 94 valence electrons. The summed E-state index contributed by atoms with van der Waals surface area (Å²) in [6.07, 6.45) is 1.17. The Morgan fingerprint density at radius 3 is 2.31 bits per heavy atom. The second-order valence-electron chi connectivity index (χ2n) is 3.66. The first-order valence-corrected chi connectivity index (χ1v) is 7.10. The third-order valence-electron chi connectivity index (χ3n) is 2.04. The second-order valence-corrected chi connectivity index (χ2v) is 6.50.